The number of rotatable bonds is 3. The summed E-state index contributed by atoms with van der Waals surface area (Å²) in [6.07, 6.45) is 0. The van der Waals surface area contributed by atoms with E-state index in [2.05, 4.69) is 0 Å². The molecule has 0 aliphatic heterocycles. The van der Waals surface area contributed by atoms with Crippen LogP contribution in [0.15, 0.2) is 12.1 Å². The topological polar surface area (TPSA) is 69.6 Å². The van der Waals surface area contributed by atoms with Crippen LogP contribution < -0.4 is 5.32 Å². The van der Waals surface area contributed by atoms with Gasteiger partial charge in [0.2, 0.25) is 0 Å². The van der Waals surface area contributed by atoms with Gasteiger partial charge in [0.1, 0.15) is 18.0 Å². The molecule has 0 aliphatic carbocycles. The molecule has 2 N–H and O–H groups in total. The molecule has 21 heavy (non-hydrogen) atoms. The highest BCUT2D eigenvalue weighted by Gasteiger charge is 2.29. The fourth-order valence-corrected chi connectivity index (χ4v) is 1.58. The lowest BCUT2D eigenvalue weighted by molar-refractivity contribution is -0.138. The van der Waals surface area contributed by atoms with Gasteiger partial charge in [-0.05, 0) is 20.8 Å². The van der Waals surface area contributed by atoms with Crippen LogP contribution >= 0.6 is 0 Å². The van der Waals surface area contributed by atoms with E-state index in [-0.39, 0.29) is 0 Å². The van der Waals surface area contributed by atoms with E-state index < -0.39 is 47.2 Å². The first-order valence-corrected chi connectivity index (χ1v) is 5.97. The molecule has 0 radical (unpaired) electrons. The number of hydrogen-bond acceptors (Lipinski definition) is 2. The Labute approximate surface area is 119 Å². The molecule has 0 unspecified atom stereocenters. The second-order valence-corrected chi connectivity index (χ2v) is 5.33. The van der Waals surface area contributed by atoms with Crippen molar-refractivity contribution >= 4 is 17.7 Å². The lowest BCUT2D eigenvalue weighted by Gasteiger charge is -2.34. The number of nitrogens with zero attached hydrogens (tertiary/aromatic N) is 1. The highest BCUT2D eigenvalue weighted by atomic mass is 19.1. The largest absolute Gasteiger partial charge is 0.480 e. The van der Waals surface area contributed by atoms with Crippen molar-refractivity contribution in [3.05, 3.63) is 29.6 Å². The number of nitrogens with one attached hydrogen (secondary N) is 1. The summed E-state index contributed by atoms with van der Waals surface area (Å²) in [6, 6.07) is -0.177. The van der Waals surface area contributed by atoms with E-state index in [9.17, 15) is 22.8 Å². The number of carboxylic acid groups (broad SMARTS) is 1. The van der Waals surface area contributed by atoms with Crippen LogP contribution in [-0.2, 0) is 4.79 Å². The van der Waals surface area contributed by atoms with E-state index in [1.54, 1.807) is 20.8 Å². The van der Waals surface area contributed by atoms with Gasteiger partial charge in [-0.2, -0.15) is 0 Å². The van der Waals surface area contributed by atoms with Crippen molar-refractivity contribution < 1.29 is 27.9 Å². The third kappa shape index (κ3) is 4.37. The maximum Gasteiger partial charge on any atom is 0.323 e. The molecule has 0 atom stereocenters. The normalized spacial score (nSPS) is 11.1. The Morgan fingerprint density at radius 2 is 1.67 bits per heavy atom. The standard InChI is InChI=1S/C13H15F3N2O3/c1-13(2,3)18(6-10(19)20)12(21)17-11-8(15)4-7(14)5-9(11)16/h4-5H,6H2,1-3H3,(H,17,21)(H,19,20). The van der Waals surface area contributed by atoms with E-state index >= 15 is 0 Å². The number of hydrogen-bond donors (Lipinski definition) is 2. The Bertz CT molecular complexity index is 547. The maximum absolute atomic E-state index is 13.5. The van der Waals surface area contributed by atoms with Crippen molar-refractivity contribution in [3.8, 4) is 0 Å². The van der Waals surface area contributed by atoms with Gasteiger partial charge in [0.25, 0.3) is 0 Å². The Balaban J connectivity index is 3.05. The fourth-order valence-electron chi connectivity index (χ4n) is 1.58. The summed E-state index contributed by atoms with van der Waals surface area (Å²) in [7, 11) is 0. The molecule has 0 aromatic heterocycles. The first-order valence-electron chi connectivity index (χ1n) is 5.97. The zero-order chi connectivity index (χ0) is 16.4. The average Bonchev–Trinajstić information content (AvgIpc) is 2.28. The van der Waals surface area contributed by atoms with E-state index in [0.717, 1.165) is 4.90 Å². The second-order valence-electron chi connectivity index (χ2n) is 5.33. The molecule has 0 saturated heterocycles. The predicted molar refractivity (Wildman–Crippen MR) is 69.4 cm³/mol. The van der Waals surface area contributed by atoms with E-state index in [4.69, 9.17) is 5.11 Å². The summed E-state index contributed by atoms with van der Waals surface area (Å²) in [5.41, 5.74) is -1.73. The number of urea groups is 1. The van der Waals surface area contributed by atoms with Gasteiger partial charge in [0.05, 0.1) is 0 Å². The maximum atomic E-state index is 13.5. The Morgan fingerprint density at radius 3 is 2.05 bits per heavy atom. The molecule has 0 aliphatic rings. The minimum Gasteiger partial charge on any atom is -0.480 e. The molecule has 5 nitrogen and oxygen atoms in total. The molecule has 1 aromatic carbocycles. The highest BCUT2D eigenvalue weighted by molar-refractivity contribution is 5.92. The van der Waals surface area contributed by atoms with Gasteiger partial charge in [-0.1, -0.05) is 0 Å². The third-order valence-electron chi connectivity index (χ3n) is 2.59. The molecule has 1 aromatic rings. The van der Waals surface area contributed by atoms with Crippen molar-refractivity contribution in [2.24, 2.45) is 0 Å². The average molecular weight is 304 g/mol. The van der Waals surface area contributed by atoms with Crippen LogP contribution in [0.1, 0.15) is 20.8 Å². The van der Waals surface area contributed by atoms with Crippen LogP contribution in [0, 0.1) is 17.5 Å². The van der Waals surface area contributed by atoms with Gasteiger partial charge in [-0.25, -0.2) is 18.0 Å². The first-order chi connectivity index (χ1) is 9.52. The monoisotopic (exact) mass is 304 g/mol. The summed E-state index contributed by atoms with van der Waals surface area (Å²) in [5, 5.41) is 10.7. The minimum absolute atomic E-state index is 0.414. The number of aliphatic carboxylic acids is 1. The molecule has 0 saturated carbocycles. The SMILES string of the molecule is CC(C)(C)N(CC(=O)O)C(=O)Nc1c(F)cc(F)cc1F. The van der Waals surface area contributed by atoms with Crippen LogP contribution in [0.2, 0.25) is 0 Å². The molecule has 2 amide bonds. The van der Waals surface area contributed by atoms with Gasteiger partial charge in [0.15, 0.2) is 11.6 Å². The summed E-state index contributed by atoms with van der Waals surface area (Å²) < 4.78 is 39.7. The number of benzene rings is 1. The van der Waals surface area contributed by atoms with Crippen LogP contribution in [0.3, 0.4) is 0 Å². The summed E-state index contributed by atoms with van der Waals surface area (Å²) in [4.78, 5) is 23.7. The van der Waals surface area contributed by atoms with Gasteiger partial charge < -0.3 is 15.3 Å². The lowest BCUT2D eigenvalue weighted by atomic mass is 10.1. The molecule has 1 rings (SSSR count). The molecular formula is C13H15F3N2O3. The van der Waals surface area contributed by atoms with E-state index in [1.165, 1.54) is 0 Å². The third-order valence-corrected chi connectivity index (χ3v) is 2.59. The van der Waals surface area contributed by atoms with Gasteiger partial charge in [0, 0.05) is 17.7 Å². The zero-order valence-electron chi connectivity index (χ0n) is 11.7. The fraction of sp³-hybridized carbons (Fsp3) is 0.385. The zero-order valence-corrected chi connectivity index (χ0v) is 11.7. The molecule has 8 heteroatoms. The van der Waals surface area contributed by atoms with Crippen molar-refractivity contribution in [1.29, 1.82) is 0 Å². The Hall–Kier alpha value is -2.25. The number of anilines is 1. The first kappa shape index (κ1) is 16.8. The summed E-state index contributed by atoms with van der Waals surface area (Å²) >= 11 is 0. The second kappa shape index (κ2) is 6.02. The molecule has 0 heterocycles. The number of carboxylic acids is 1. The lowest BCUT2D eigenvalue weighted by Crippen LogP contribution is -2.50. The number of halogens is 3. The quantitative estimate of drug-likeness (QED) is 0.902. The minimum atomic E-state index is -1.29. The Morgan fingerprint density at radius 1 is 1.19 bits per heavy atom. The smallest absolute Gasteiger partial charge is 0.323 e. The van der Waals surface area contributed by atoms with Gasteiger partial charge in [-0.15, -0.1) is 0 Å². The molecule has 0 spiro atoms. The van der Waals surface area contributed by atoms with Gasteiger partial charge in [-0.3, -0.25) is 4.79 Å². The summed E-state index contributed by atoms with van der Waals surface area (Å²) in [6.45, 7) is 4.03. The summed E-state index contributed by atoms with van der Waals surface area (Å²) in [5.74, 6) is -4.98. The van der Waals surface area contributed by atoms with Crippen molar-refractivity contribution in [2.45, 2.75) is 26.3 Å². The predicted octanol–water partition coefficient (Wildman–Crippen LogP) is 2.82. The van der Waals surface area contributed by atoms with Crippen LogP contribution in [0.25, 0.3) is 0 Å². The number of amides is 2. The molecule has 0 bridgehead atoms. The number of carbonyl (C=O) groups excluding carboxylic acids is 1. The van der Waals surface area contributed by atoms with Crippen LogP contribution in [0.4, 0.5) is 23.7 Å². The highest BCUT2D eigenvalue weighted by Crippen LogP contribution is 2.22. The van der Waals surface area contributed by atoms with Crippen LogP contribution in [0.5, 0.6) is 0 Å². The van der Waals surface area contributed by atoms with Gasteiger partial charge >= 0.3 is 12.0 Å². The van der Waals surface area contributed by atoms with Crippen molar-refractivity contribution in [1.82, 2.24) is 4.90 Å². The number of carbonyl (C=O) groups is 2. The molecule has 0 fully saturated rings. The van der Waals surface area contributed by atoms with E-state index in [0.29, 0.717) is 12.1 Å². The molecule has 116 valence electrons. The van der Waals surface area contributed by atoms with Crippen molar-refractivity contribution in [2.75, 3.05) is 11.9 Å². The molecular weight excluding hydrogens is 289 g/mol. The van der Waals surface area contributed by atoms with E-state index in [1.807, 2.05) is 5.32 Å². The van der Waals surface area contributed by atoms with Crippen LogP contribution in [-0.4, -0.2) is 34.1 Å². The van der Waals surface area contributed by atoms with Crippen molar-refractivity contribution in [3.63, 3.8) is 0 Å². The Kier molecular flexibility index (Phi) is 4.82.